The van der Waals surface area contributed by atoms with Crippen LogP contribution in [0.15, 0.2) is 24.8 Å². The first kappa shape index (κ1) is 18.1. The number of benzene rings is 1. The summed E-state index contributed by atoms with van der Waals surface area (Å²) in [4.78, 5) is 11.7. The lowest BCUT2D eigenvalue weighted by molar-refractivity contribution is 0.174. The molecule has 0 aliphatic carbocycles. The molecule has 2 N–H and O–H groups in total. The van der Waals surface area contributed by atoms with Crippen molar-refractivity contribution < 1.29 is 14.6 Å². The number of anilines is 1. The van der Waals surface area contributed by atoms with Gasteiger partial charge in [0.15, 0.2) is 0 Å². The molecular weight excluding hydrogens is 278 g/mol. The molecule has 0 aromatic heterocycles. The maximum absolute atomic E-state index is 11.7. The van der Waals surface area contributed by atoms with Crippen LogP contribution >= 0.6 is 0 Å². The minimum absolute atomic E-state index is 0.155. The van der Waals surface area contributed by atoms with Gasteiger partial charge in [-0.15, -0.1) is 0 Å². The molecule has 122 valence electrons. The first-order chi connectivity index (χ1) is 9.96. The number of aromatic hydroxyl groups is 1. The van der Waals surface area contributed by atoms with Gasteiger partial charge in [0.1, 0.15) is 12.4 Å². The lowest BCUT2D eigenvalue weighted by Crippen LogP contribution is -2.19. The van der Waals surface area contributed by atoms with Crippen LogP contribution in [0.1, 0.15) is 52.7 Å². The van der Waals surface area contributed by atoms with Gasteiger partial charge in [-0.25, -0.2) is 4.79 Å². The van der Waals surface area contributed by atoms with Crippen LogP contribution in [-0.2, 0) is 15.6 Å². The van der Waals surface area contributed by atoms with Crippen LogP contribution in [0.3, 0.4) is 0 Å². The van der Waals surface area contributed by atoms with Crippen molar-refractivity contribution in [2.24, 2.45) is 0 Å². The van der Waals surface area contributed by atoms with Crippen molar-refractivity contribution in [3.8, 4) is 5.75 Å². The van der Waals surface area contributed by atoms with Crippen LogP contribution in [0, 0.1) is 0 Å². The van der Waals surface area contributed by atoms with Crippen molar-refractivity contribution in [3.63, 3.8) is 0 Å². The number of ether oxygens (including phenoxy) is 1. The minimum atomic E-state index is -0.537. The summed E-state index contributed by atoms with van der Waals surface area (Å²) in [5.74, 6) is 0.282. The molecule has 0 aliphatic rings. The van der Waals surface area contributed by atoms with Gasteiger partial charge < -0.3 is 9.84 Å². The van der Waals surface area contributed by atoms with E-state index in [1.165, 1.54) is 6.08 Å². The van der Waals surface area contributed by atoms with Crippen molar-refractivity contribution in [2.75, 3.05) is 11.9 Å². The van der Waals surface area contributed by atoms with Crippen molar-refractivity contribution >= 4 is 11.8 Å². The van der Waals surface area contributed by atoms with E-state index in [0.717, 1.165) is 11.1 Å². The molecule has 4 heteroatoms. The van der Waals surface area contributed by atoms with E-state index in [0.29, 0.717) is 5.69 Å². The van der Waals surface area contributed by atoms with E-state index in [9.17, 15) is 9.90 Å². The lowest BCUT2D eigenvalue weighted by atomic mass is 9.79. The Hall–Kier alpha value is -1.97. The third-order valence-corrected chi connectivity index (χ3v) is 3.30. The molecule has 0 atom stereocenters. The third-order valence-electron chi connectivity index (χ3n) is 3.30. The summed E-state index contributed by atoms with van der Waals surface area (Å²) < 4.78 is 4.95. The van der Waals surface area contributed by atoms with Crippen LogP contribution in [0.5, 0.6) is 5.75 Å². The van der Waals surface area contributed by atoms with E-state index in [-0.39, 0.29) is 23.2 Å². The van der Waals surface area contributed by atoms with E-state index in [2.05, 4.69) is 11.9 Å². The summed E-state index contributed by atoms with van der Waals surface area (Å²) in [5, 5.41) is 13.3. The van der Waals surface area contributed by atoms with Crippen LogP contribution in [0.25, 0.3) is 0 Å². The SMILES string of the molecule is C=CCOC(=O)Nc1cc(C(C)(C)C)c(O)c(C(C)(C)C)c1. The lowest BCUT2D eigenvalue weighted by Gasteiger charge is -2.28. The number of rotatable bonds is 3. The molecule has 1 aromatic carbocycles. The quantitative estimate of drug-likeness (QED) is 0.627. The maximum atomic E-state index is 11.7. The fourth-order valence-electron chi connectivity index (χ4n) is 2.14. The Morgan fingerprint density at radius 1 is 1.18 bits per heavy atom. The predicted octanol–water partition coefficient (Wildman–Crippen LogP) is 4.72. The fourth-order valence-corrected chi connectivity index (χ4v) is 2.14. The van der Waals surface area contributed by atoms with Gasteiger partial charge in [0, 0.05) is 16.8 Å². The largest absolute Gasteiger partial charge is 0.507 e. The Balaban J connectivity index is 3.29. The van der Waals surface area contributed by atoms with Gasteiger partial charge in [-0.05, 0) is 23.0 Å². The Morgan fingerprint density at radius 3 is 2.00 bits per heavy atom. The number of phenols is 1. The zero-order valence-electron chi connectivity index (χ0n) is 14.4. The summed E-state index contributed by atoms with van der Waals surface area (Å²) in [6, 6.07) is 3.58. The first-order valence-electron chi connectivity index (χ1n) is 7.39. The normalized spacial score (nSPS) is 11.9. The summed E-state index contributed by atoms with van der Waals surface area (Å²) in [7, 11) is 0. The van der Waals surface area contributed by atoms with Crippen molar-refractivity contribution in [1.82, 2.24) is 0 Å². The maximum Gasteiger partial charge on any atom is 0.411 e. The Kier molecular flexibility index (Phi) is 5.28. The molecule has 1 rings (SSSR count). The summed E-state index contributed by atoms with van der Waals surface area (Å²) in [6.07, 6.45) is 0.975. The van der Waals surface area contributed by atoms with Gasteiger partial charge in [0.25, 0.3) is 0 Å². The molecule has 4 nitrogen and oxygen atoms in total. The molecular formula is C18H27NO3. The second-order valence-corrected chi connectivity index (χ2v) is 7.43. The molecule has 0 saturated heterocycles. The fraction of sp³-hybridized carbons (Fsp3) is 0.500. The molecule has 22 heavy (non-hydrogen) atoms. The molecule has 0 saturated carbocycles. The zero-order chi connectivity index (χ0) is 17.1. The van der Waals surface area contributed by atoms with Gasteiger partial charge in [-0.3, -0.25) is 5.32 Å². The van der Waals surface area contributed by atoms with E-state index >= 15 is 0 Å². The van der Waals surface area contributed by atoms with E-state index in [1.807, 2.05) is 41.5 Å². The Labute approximate surface area is 133 Å². The highest BCUT2D eigenvalue weighted by Gasteiger charge is 2.26. The average molecular weight is 305 g/mol. The number of amides is 1. The number of nitrogens with one attached hydrogen (secondary N) is 1. The smallest absolute Gasteiger partial charge is 0.411 e. The second-order valence-electron chi connectivity index (χ2n) is 7.43. The van der Waals surface area contributed by atoms with Crippen LogP contribution in [0.4, 0.5) is 10.5 Å². The predicted molar refractivity (Wildman–Crippen MR) is 90.7 cm³/mol. The zero-order valence-corrected chi connectivity index (χ0v) is 14.4. The highest BCUT2D eigenvalue weighted by atomic mass is 16.5. The number of carbonyl (C=O) groups excluding carboxylic acids is 1. The van der Waals surface area contributed by atoms with Crippen molar-refractivity contribution in [3.05, 3.63) is 35.9 Å². The molecule has 0 bridgehead atoms. The van der Waals surface area contributed by atoms with E-state index in [1.54, 1.807) is 12.1 Å². The summed E-state index contributed by atoms with van der Waals surface area (Å²) >= 11 is 0. The van der Waals surface area contributed by atoms with Crippen molar-refractivity contribution in [2.45, 2.75) is 52.4 Å². The standard InChI is InChI=1S/C18H27NO3/c1-8-9-22-16(21)19-12-10-13(17(2,3)4)15(20)14(11-12)18(5,6)7/h8,10-11,20H,1,9H2,2-7H3,(H,19,21). The molecule has 0 fully saturated rings. The van der Waals surface area contributed by atoms with Gasteiger partial charge in [-0.1, -0.05) is 54.2 Å². The Morgan fingerprint density at radius 2 is 1.64 bits per heavy atom. The monoisotopic (exact) mass is 305 g/mol. The molecule has 1 aromatic rings. The van der Waals surface area contributed by atoms with Gasteiger partial charge in [0.05, 0.1) is 0 Å². The minimum Gasteiger partial charge on any atom is -0.507 e. The summed E-state index contributed by atoms with van der Waals surface area (Å²) in [5.41, 5.74) is 1.71. The van der Waals surface area contributed by atoms with Crippen molar-refractivity contribution in [1.29, 1.82) is 0 Å². The van der Waals surface area contributed by atoms with Gasteiger partial charge in [0.2, 0.25) is 0 Å². The molecule has 1 amide bonds. The van der Waals surface area contributed by atoms with Crippen LogP contribution in [-0.4, -0.2) is 17.8 Å². The van der Waals surface area contributed by atoms with E-state index in [4.69, 9.17) is 4.74 Å². The molecule has 0 heterocycles. The number of hydrogen-bond donors (Lipinski definition) is 2. The van der Waals surface area contributed by atoms with E-state index < -0.39 is 6.09 Å². The molecule has 0 spiro atoms. The number of hydrogen-bond acceptors (Lipinski definition) is 3. The summed E-state index contributed by atoms with van der Waals surface area (Å²) in [6.45, 7) is 15.8. The topological polar surface area (TPSA) is 58.6 Å². The van der Waals surface area contributed by atoms with Gasteiger partial charge >= 0.3 is 6.09 Å². The number of phenolic OH excluding ortho intramolecular Hbond substituents is 1. The van der Waals surface area contributed by atoms with Crippen LogP contribution in [0.2, 0.25) is 0 Å². The third kappa shape index (κ3) is 4.52. The number of carbonyl (C=O) groups is 1. The first-order valence-corrected chi connectivity index (χ1v) is 7.39. The highest BCUT2D eigenvalue weighted by molar-refractivity contribution is 5.85. The molecule has 0 aliphatic heterocycles. The highest BCUT2D eigenvalue weighted by Crippen LogP contribution is 2.41. The second kappa shape index (κ2) is 6.42. The average Bonchev–Trinajstić information content (AvgIpc) is 2.35. The molecule has 0 radical (unpaired) electrons. The molecule has 0 unspecified atom stereocenters. The Bertz CT molecular complexity index is 528. The van der Waals surface area contributed by atoms with Gasteiger partial charge in [-0.2, -0.15) is 0 Å². The van der Waals surface area contributed by atoms with Crippen LogP contribution < -0.4 is 5.32 Å².